The Morgan fingerprint density at radius 1 is 1.30 bits per heavy atom. The molecule has 0 radical (unpaired) electrons. The Bertz CT molecular complexity index is 793. The summed E-state index contributed by atoms with van der Waals surface area (Å²) < 4.78 is 1.88. The second-order valence-electron chi connectivity index (χ2n) is 4.57. The van der Waals surface area contributed by atoms with Gasteiger partial charge in [0.2, 0.25) is 5.82 Å². The van der Waals surface area contributed by atoms with Crippen LogP contribution in [0.2, 0.25) is 0 Å². The molecule has 3 aromatic rings. The largest absolute Gasteiger partial charge is 0.363 e. The van der Waals surface area contributed by atoms with Gasteiger partial charge in [-0.25, -0.2) is 15.0 Å². The van der Waals surface area contributed by atoms with E-state index in [9.17, 15) is 4.79 Å². The molecule has 6 heteroatoms. The molecule has 100 valence electrons. The highest BCUT2D eigenvalue weighted by Crippen LogP contribution is 2.14. The summed E-state index contributed by atoms with van der Waals surface area (Å²) in [5, 5.41) is 0. The number of carbonyl (C=O) groups excluding carboxylic acids is 1. The highest BCUT2D eigenvalue weighted by atomic mass is 16.1. The molecule has 2 heterocycles. The third-order valence-corrected chi connectivity index (χ3v) is 3.18. The van der Waals surface area contributed by atoms with E-state index in [-0.39, 0.29) is 5.82 Å². The fourth-order valence-corrected chi connectivity index (χ4v) is 2.06. The van der Waals surface area contributed by atoms with Crippen LogP contribution in [0.5, 0.6) is 0 Å². The van der Waals surface area contributed by atoms with Crippen LogP contribution in [0.4, 0.5) is 0 Å². The van der Waals surface area contributed by atoms with Crippen molar-refractivity contribution in [3.8, 4) is 0 Å². The molecule has 2 N–H and O–H groups in total. The van der Waals surface area contributed by atoms with Crippen molar-refractivity contribution in [3.63, 3.8) is 0 Å². The highest BCUT2D eigenvalue weighted by Gasteiger charge is 2.10. The van der Waals surface area contributed by atoms with Gasteiger partial charge in [-0.2, -0.15) is 0 Å². The Hall–Kier alpha value is -2.76. The smallest absolute Gasteiger partial charge is 0.286 e. The summed E-state index contributed by atoms with van der Waals surface area (Å²) in [5.74, 6) is -0.639. The molecule has 0 aliphatic rings. The third-order valence-electron chi connectivity index (χ3n) is 3.18. The van der Waals surface area contributed by atoms with Gasteiger partial charge in [0, 0.05) is 0 Å². The molecule has 0 fully saturated rings. The SMILES string of the molecule is Cc1ccccc1Cn1cnc2cnc(C(N)=O)nc21. The maximum absolute atomic E-state index is 11.2. The lowest BCUT2D eigenvalue weighted by Crippen LogP contribution is -2.15. The first-order valence-electron chi connectivity index (χ1n) is 6.17. The molecule has 0 unspecified atom stereocenters. The number of primary amides is 1. The van der Waals surface area contributed by atoms with Crippen molar-refractivity contribution >= 4 is 17.1 Å². The normalized spacial score (nSPS) is 10.8. The van der Waals surface area contributed by atoms with E-state index in [2.05, 4.69) is 34.0 Å². The zero-order chi connectivity index (χ0) is 14.1. The summed E-state index contributed by atoms with van der Waals surface area (Å²) in [5.41, 5.74) is 8.82. The van der Waals surface area contributed by atoms with Gasteiger partial charge < -0.3 is 10.3 Å². The number of aromatic nitrogens is 4. The molecule has 6 nitrogen and oxygen atoms in total. The van der Waals surface area contributed by atoms with E-state index < -0.39 is 5.91 Å². The van der Waals surface area contributed by atoms with Crippen LogP contribution in [0.3, 0.4) is 0 Å². The first kappa shape index (κ1) is 12.3. The second kappa shape index (κ2) is 4.73. The Kier molecular flexibility index (Phi) is 2.90. The summed E-state index contributed by atoms with van der Waals surface area (Å²) in [6, 6.07) is 8.10. The number of amides is 1. The fourth-order valence-electron chi connectivity index (χ4n) is 2.06. The van der Waals surface area contributed by atoms with E-state index in [0.717, 1.165) is 0 Å². The zero-order valence-electron chi connectivity index (χ0n) is 10.9. The Balaban J connectivity index is 2.06. The number of aryl methyl sites for hydroxylation is 1. The average Bonchev–Trinajstić information content (AvgIpc) is 2.84. The molecular formula is C14H13N5O. The van der Waals surface area contributed by atoms with Gasteiger partial charge in [-0.15, -0.1) is 0 Å². The second-order valence-corrected chi connectivity index (χ2v) is 4.57. The number of fused-ring (bicyclic) bond motifs is 1. The maximum atomic E-state index is 11.2. The first-order chi connectivity index (χ1) is 9.65. The van der Waals surface area contributed by atoms with Crippen LogP contribution in [0, 0.1) is 6.92 Å². The summed E-state index contributed by atoms with van der Waals surface area (Å²) in [6.07, 6.45) is 3.20. The molecule has 20 heavy (non-hydrogen) atoms. The van der Waals surface area contributed by atoms with Crippen molar-refractivity contribution < 1.29 is 4.79 Å². The van der Waals surface area contributed by atoms with Crippen molar-refractivity contribution in [1.82, 2.24) is 19.5 Å². The maximum Gasteiger partial charge on any atom is 0.286 e. The minimum Gasteiger partial charge on any atom is -0.363 e. The van der Waals surface area contributed by atoms with E-state index in [1.165, 1.54) is 17.3 Å². The molecule has 1 aromatic carbocycles. The van der Waals surface area contributed by atoms with Crippen LogP contribution in [-0.4, -0.2) is 25.4 Å². The van der Waals surface area contributed by atoms with Crippen molar-refractivity contribution in [2.45, 2.75) is 13.5 Å². The van der Waals surface area contributed by atoms with Crippen molar-refractivity contribution in [3.05, 3.63) is 53.7 Å². The van der Waals surface area contributed by atoms with Crippen LogP contribution in [0.25, 0.3) is 11.2 Å². The van der Waals surface area contributed by atoms with E-state index >= 15 is 0 Å². The van der Waals surface area contributed by atoms with Gasteiger partial charge in [-0.1, -0.05) is 24.3 Å². The van der Waals surface area contributed by atoms with Crippen molar-refractivity contribution in [2.24, 2.45) is 5.73 Å². The summed E-state index contributed by atoms with van der Waals surface area (Å²) in [7, 11) is 0. The fraction of sp³-hybridized carbons (Fsp3) is 0.143. The quantitative estimate of drug-likeness (QED) is 0.774. The molecular weight excluding hydrogens is 254 g/mol. The molecule has 0 saturated heterocycles. The van der Waals surface area contributed by atoms with E-state index in [1.54, 1.807) is 6.33 Å². The highest BCUT2D eigenvalue weighted by molar-refractivity contribution is 5.90. The predicted molar refractivity (Wildman–Crippen MR) is 74.1 cm³/mol. The molecule has 0 aliphatic heterocycles. The summed E-state index contributed by atoms with van der Waals surface area (Å²) in [6.45, 7) is 2.69. The topological polar surface area (TPSA) is 86.7 Å². The minimum atomic E-state index is -0.643. The standard InChI is InChI=1S/C14H13N5O/c1-9-4-2-3-5-10(9)7-19-8-17-11-6-16-13(12(15)20)18-14(11)19/h2-6,8H,7H2,1H3,(H2,15,20). The van der Waals surface area contributed by atoms with E-state index in [1.807, 2.05) is 16.7 Å². The molecule has 0 spiro atoms. The van der Waals surface area contributed by atoms with E-state index in [0.29, 0.717) is 17.7 Å². The van der Waals surface area contributed by atoms with Gasteiger partial charge in [0.1, 0.15) is 5.52 Å². The van der Waals surface area contributed by atoms with Crippen LogP contribution in [0.15, 0.2) is 36.8 Å². The number of nitrogens with zero attached hydrogens (tertiary/aromatic N) is 4. The Morgan fingerprint density at radius 3 is 2.85 bits per heavy atom. The monoisotopic (exact) mass is 267 g/mol. The van der Waals surface area contributed by atoms with Crippen LogP contribution >= 0.6 is 0 Å². The zero-order valence-corrected chi connectivity index (χ0v) is 10.9. The molecule has 3 rings (SSSR count). The van der Waals surface area contributed by atoms with Gasteiger partial charge in [0.05, 0.1) is 19.1 Å². The number of benzene rings is 1. The lowest BCUT2D eigenvalue weighted by Gasteiger charge is -2.07. The Morgan fingerprint density at radius 2 is 2.10 bits per heavy atom. The number of hydrogen-bond donors (Lipinski definition) is 1. The first-order valence-corrected chi connectivity index (χ1v) is 6.17. The number of rotatable bonds is 3. The van der Waals surface area contributed by atoms with Gasteiger partial charge in [-0.3, -0.25) is 4.79 Å². The van der Waals surface area contributed by atoms with Gasteiger partial charge in [-0.05, 0) is 18.1 Å². The molecule has 0 saturated carbocycles. The van der Waals surface area contributed by atoms with Gasteiger partial charge in [0.25, 0.3) is 5.91 Å². The summed E-state index contributed by atoms with van der Waals surface area (Å²) >= 11 is 0. The summed E-state index contributed by atoms with van der Waals surface area (Å²) in [4.78, 5) is 23.4. The number of imidazole rings is 1. The lowest BCUT2D eigenvalue weighted by atomic mass is 10.1. The van der Waals surface area contributed by atoms with E-state index in [4.69, 9.17) is 5.73 Å². The average molecular weight is 267 g/mol. The van der Waals surface area contributed by atoms with Crippen LogP contribution < -0.4 is 5.73 Å². The van der Waals surface area contributed by atoms with Crippen molar-refractivity contribution in [2.75, 3.05) is 0 Å². The number of hydrogen-bond acceptors (Lipinski definition) is 4. The van der Waals surface area contributed by atoms with Crippen molar-refractivity contribution in [1.29, 1.82) is 0 Å². The lowest BCUT2D eigenvalue weighted by molar-refractivity contribution is 0.0990. The molecule has 0 aliphatic carbocycles. The number of nitrogens with two attached hydrogens (primary N) is 1. The van der Waals surface area contributed by atoms with Gasteiger partial charge >= 0.3 is 0 Å². The molecule has 0 bridgehead atoms. The number of carbonyl (C=O) groups is 1. The third kappa shape index (κ3) is 2.11. The molecule has 0 atom stereocenters. The van der Waals surface area contributed by atoms with Crippen LogP contribution in [0.1, 0.15) is 21.7 Å². The van der Waals surface area contributed by atoms with Crippen LogP contribution in [-0.2, 0) is 6.54 Å². The minimum absolute atomic E-state index is 0.00373. The van der Waals surface area contributed by atoms with Gasteiger partial charge in [0.15, 0.2) is 5.65 Å². The molecule has 2 aromatic heterocycles. The predicted octanol–water partition coefficient (Wildman–Crippen LogP) is 1.28. The molecule has 1 amide bonds. The Labute approximate surface area is 115 Å².